The fourth-order valence-electron chi connectivity index (χ4n) is 3.16. The van der Waals surface area contributed by atoms with Crippen molar-refractivity contribution in [1.29, 1.82) is 0 Å². The number of likely N-dealkylation sites (tertiary alicyclic amines) is 1. The Labute approximate surface area is 149 Å². The van der Waals surface area contributed by atoms with Gasteiger partial charge < -0.3 is 15.1 Å². The lowest BCUT2D eigenvalue weighted by Gasteiger charge is -2.33. The number of hydrogen-bond donors (Lipinski definition) is 1. The van der Waals surface area contributed by atoms with E-state index in [-0.39, 0.29) is 29.7 Å². The van der Waals surface area contributed by atoms with Crippen LogP contribution in [0.3, 0.4) is 0 Å². The third kappa shape index (κ3) is 4.80. The van der Waals surface area contributed by atoms with Crippen molar-refractivity contribution in [1.82, 2.24) is 15.1 Å². The zero-order chi connectivity index (χ0) is 17.7. The molecular formula is C18H29N3O2S. The summed E-state index contributed by atoms with van der Waals surface area (Å²) in [5.74, 6) is 0.116. The molecule has 2 heterocycles. The molecule has 1 aromatic rings. The largest absolute Gasteiger partial charge is 0.354 e. The van der Waals surface area contributed by atoms with Crippen molar-refractivity contribution in [2.45, 2.75) is 32.7 Å². The fourth-order valence-corrected chi connectivity index (χ4v) is 3.87. The number of piperidine rings is 1. The molecule has 24 heavy (non-hydrogen) atoms. The van der Waals surface area contributed by atoms with Gasteiger partial charge in [-0.15, -0.1) is 0 Å². The van der Waals surface area contributed by atoms with Gasteiger partial charge in [-0.2, -0.15) is 11.3 Å². The van der Waals surface area contributed by atoms with E-state index in [2.05, 4.69) is 27.0 Å². The van der Waals surface area contributed by atoms with E-state index in [0.29, 0.717) is 13.1 Å². The molecule has 0 spiro atoms. The predicted molar refractivity (Wildman–Crippen MR) is 97.9 cm³/mol. The zero-order valence-corrected chi connectivity index (χ0v) is 15.9. The van der Waals surface area contributed by atoms with Gasteiger partial charge in [0, 0.05) is 25.6 Å². The molecule has 2 rings (SSSR count). The van der Waals surface area contributed by atoms with Crippen molar-refractivity contribution in [2.75, 3.05) is 33.7 Å². The molecule has 2 atom stereocenters. The monoisotopic (exact) mass is 351 g/mol. The second-order valence-corrected chi connectivity index (χ2v) is 7.84. The second kappa shape index (κ2) is 8.62. The summed E-state index contributed by atoms with van der Waals surface area (Å²) in [5.41, 5.74) is 1.23. The normalized spacial score (nSPS) is 19.6. The lowest BCUT2D eigenvalue weighted by Crippen LogP contribution is -2.47. The molecule has 5 nitrogen and oxygen atoms in total. The highest BCUT2D eigenvalue weighted by Crippen LogP contribution is 2.22. The van der Waals surface area contributed by atoms with E-state index in [1.54, 1.807) is 11.3 Å². The average molecular weight is 352 g/mol. The molecule has 2 amide bonds. The average Bonchev–Trinajstić information content (AvgIpc) is 3.08. The van der Waals surface area contributed by atoms with Crippen LogP contribution in [0.25, 0.3) is 0 Å². The summed E-state index contributed by atoms with van der Waals surface area (Å²) in [5, 5.41) is 7.28. The van der Waals surface area contributed by atoms with E-state index < -0.39 is 0 Å². The van der Waals surface area contributed by atoms with Crippen LogP contribution in [0.5, 0.6) is 0 Å². The maximum Gasteiger partial charge on any atom is 0.225 e. The molecule has 1 aliphatic heterocycles. The summed E-state index contributed by atoms with van der Waals surface area (Å²) in [7, 11) is 4.05. The van der Waals surface area contributed by atoms with Crippen LogP contribution in [0.1, 0.15) is 38.3 Å². The number of nitrogens with one attached hydrogen (secondary N) is 1. The highest BCUT2D eigenvalue weighted by atomic mass is 32.1. The summed E-state index contributed by atoms with van der Waals surface area (Å²) in [4.78, 5) is 28.7. The first kappa shape index (κ1) is 18.9. The van der Waals surface area contributed by atoms with Crippen molar-refractivity contribution in [3.05, 3.63) is 22.4 Å². The van der Waals surface area contributed by atoms with Crippen LogP contribution in [0.15, 0.2) is 16.8 Å². The molecule has 0 saturated carbocycles. The van der Waals surface area contributed by atoms with Crippen LogP contribution in [-0.2, 0) is 9.59 Å². The summed E-state index contributed by atoms with van der Waals surface area (Å²) < 4.78 is 0. The van der Waals surface area contributed by atoms with Gasteiger partial charge in [-0.25, -0.2) is 0 Å². The van der Waals surface area contributed by atoms with E-state index in [1.807, 2.05) is 32.8 Å². The Bertz CT molecular complexity index is 542. The lowest BCUT2D eigenvalue weighted by atomic mass is 9.96. The quantitative estimate of drug-likeness (QED) is 0.856. The Morgan fingerprint density at radius 3 is 2.75 bits per heavy atom. The van der Waals surface area contributed by atoms with E-state index in [0.717, 1.165) is 19.4 Å². The van der Waals surface area contributed by atoms with Crippen LogP contribution in [0.2, 0.25) is 0 Å². The molecule has 1 N–H and O–H groups in total. The highest BCUT2D eigenvalue weighted by Gasteiger charge is 2.29. The summed E-state index contributed by atoms with van der Waals surface area (Å²) in [6, 6.07) is 2.28. The first-order valence-electron chi connectivity index (χ1n) is 8.65. The Kier molecular flexibility index (Phi) is 6.80. The molecule has 134 valence electrons. The van der Waals surface area contributed by atoms with Gasteiger partial charge >= 0.3 is 0 Å². The topological polar surface area (TPSA) is 52.7 Å². The predicted octanol–water partition coefficient (Wildman–Crippen LogP) is 2.36. The van der Waals surface area contributed by atoms with Crippen molar-refractivity contribution in [2.24, 2.45) is 11.8 Å². The molecule has 1 aliphatic rings. The minimum Gasteiger partial charge on any atom is -0.354 e. The molecule has 1 aromatic heterocycles. The number of likely N-dealkylation sites (N-methyl/N-ethyl adjacent to an activating group) is 1. The van der Waals surface area contributed by atoms with Crippen LogP contribution in [0.4, 0.5) is 0 Å². The Hall–Kier alpha value is -1.40. The van der Waals surface area contributed by atoms with Crippen molar-refractivity contribution in [3.63, 3.8) is 0 Å². The zero-order valence-electron chi connectivity index (χ0n) is 15.1. The fraction of sp³-hybridized carbons (Fsp3) is 0.667. The first-order valence-corrected chi connectivity index (χ1v) is 9.59. The molecule has 0 bridgehead atoms. The van der Waals surface area contributed by atoms with Gasteiger partial charge in [0.25, 0.3) is 0 Å². The summed E-state index contributed by atoms with van der Waals surface area (Å²) in [6.45, 7) is 5.74. The first-order chi connectivity index (χ1) is 11.4. The smallest absolute Gasteiger partial charge is 0.225 e. The SMILES string of the molecule is CC(C)C(=O)N1CCC[C@@H](C(=O)NC[C@@H](c2ccsc2)N(C)C)C1. The molecule has 0 aromatic carbocycles. The van der Waals surface area contributed by atoms with Gasteiger partial charge in [0.15, 0.2) is 0 Å². The van der Waals surface area contributed by atoms with E-state index in [1.165, 1.54) is 5.56 Å². The van der Waals surface area contributed by atoms with Gasteiger partial charge in [-0.05, 0) is 49.3 Å². The number of carbonyl (C=O) groups excluding carboxylic acids is 2. The lowest BCUT2D eigenvalue weighted by molar-refractivity contribution is -0.138. The van der Waals surface area contributed by atoms with E-state index in [9.17, 15) is 9.59 Å². The molecule has 1 saturated heterocycles. The highest BCUT2D eigenvalue weighted by molar-refractivity contribution is 7.07. The number of thiophene rings is 1. The minimum atomic E-state index is -0.0910. The van der Waals surface area contributed by atoms with Gasteiger partial charge in [-0.3, -0.25) is 9.59 Å². The number of amides is 2. The van der Waals surface area contributed by atoms with Gasteiger partial charge in [0.1, 0.15) is 0 Å². The number of nitrogens with zero attached hydrogens (tertiary/aromatic N) is 2. The standard InChI is InChI=1S/C18H29N3O2S/c1-13(2)18(23)21-8-5-6-14(11-21)17(22)19-10-16(20(3)4)15-7-9-24-12-15/h7,9,12-14,16H,5-6,8,10-11H2,1-4H3,(H,19,22)/t14-,16+/m1/s1. The second-order valence-electron chi connectivity index (χ2n) is 7.06. The van der Waals surface area contributed by atoms with Crippen molar-refractivity contribution < 1.29 is 9.59 Å². The molecule has 0 radical (unpaired) electrons. The third-order valence-electron chi connectivity index (χ3n) is 4.62. The van der Waals surface area contributed by atoms with Gasteiger partial charge in [0.2, 0.25) is 11.8 Å². The number of rotatable bonds is 6. The van der Waals surface area contributed by atoms with Crippen LogP contribution >= 0.6 is 11.3 Å². The van der Waals surface area contributed by atoms with Crippen molar-refractivity contribution in [3.8, 4) is 0 Å². The van der Waals surface area contributed by atoms with E-state index >= 15 is 0 Å². The summed E-state index contributed by atoms with van der Waals surface area (Å²) in [6.07, 6.45) is 1.76. The van der Waals surface area contributed by atoms with Crippen LogP contribution < -0.4 is 5.32 Å². The molecule has 0 unspecified atom stereocenters. The minimum absolute atomic E-state index is 0.0106. The molecule has 0 aliphatic carbocycles. The molecular weight excluding hydrogens is 322 g/mol. The Morgan fingerprint density at radius 2 is 2.17 bits per heavy atom. The number of hydrogen-bond acceptors (Lipinski definition) is 4. The molecule has 1 fully saturated rings. The van der Waals surface area contributed by atoms with Crippen LogP contribution in [-0.4, -0.2) is 55.3 Å². The Morgan fingerprint density at radius 1 is 1.42 bits per heavy atom. The summed E-state index contributed by atoms with van der Waals surface area (Å²) >= 11 is 1.67. The Balaban J connectivity index is 1.90. The maximum absolute atomic E-state index is 12.6. The maximum atomic E-state index is 12.6. The van der Waals surface area contributed by atoms with Crippen molar-refractivity contribution >= 4 is 23.2 Å². The molecule has 6 heteroatoms. The van der Waals surface area contributed by atoms with Gasteiger partial charge in [-0.1, -0.05) is 13.8 Å². The van der Waals surface area contributed by atoms with Crippen LogP contribution in [0, 0.1) is 11.8 Å². The third-order valence-corrected chi connectivity index (χ3v) is 5.32. The van der Waals surface area contributed by atoms with E-state index in [4.69, 9.17) is 0 Å². The van der Waals surface area contributed by atoms with Gasteiger partial charge in [0.05, 0.1) is 12.0 Å². The number of carbonyl (C=O) groups is 2.